The van der Waals surface area contributed by atoms with Gasteiger partial charge in [-0.1, -0.05) is 36.4 Å². The fourth-order valence-electron chi connectivity index (χ4n) is 4.47. The molecule has 148 valence electrons. The Morgan fingerprint density at radius 2 is 1.77 bits per heavy atom. The summed E-state index contributed by atoms with van der Waals surface area (Å²) in [5.74, 6) is 0.0166. The summed E-state index contributed by atoms with van der Waals surface area (Å²) in [4.78, 5) is 25.6. The van der Waals surface area contributed by atoms with Gasteiger partial charge in [0.2, 0.25) is 0 Å². The van der Waals surface area contributed by atoms with Gasteiger partial charge >= 0.3 is 0 Å². The van der Waals surface area contributed by atoms with E-state index in [1.807, 2.05) is 55.6 Å². The van der Waals surface area contributed by atoms with Crippen LogP contribution in [-0.4, -0.2) is 23.5 Å². The third-order valence-corrected chi connectivity index (χ3v) is 5.83. The second kappa shape index (κ2) is 6.59. The number of imide groups is 1. The lowest BCUT2D eigenvalue weighted by molar-refractivity contribution is 0.0880. The maximum absolute atomic E-state index is 12.9. The van der Waals surface area contributed by atoms with Crippen molar-refractivity contribution < 1.29 is 14.3 Å². The van der Waals surface area contributed by atoms with Crippen molar-refractivity contribution >= 4 is 33.6 Å². The van der Waals surface area contributed by atoms with Gasteiger partial charge in [-0.2, -0.15) is 0 Å². The van der Waals surface area contributed by atoms with E-state index in [4.69, 9.17) is 4.74 Å². The fraction of sp³-hybridized carbons (Fsp3) is 0.120. The summed E-state index contributed by atoms with van der Waals surface area (Å²) in [6.45, 7) is 3.83. The van der Waals surface area contributed by atoms with Gasteiger partial charge in [-0.05, 0) is 41.3 Å². The van der Waals surface area contributed by atoms with Gasteiger partial charge in [0.15, 0.2) is 0 Å². The number of rotatable bonds is 4. The number of nitrogens with one attached hydrogen (secondary N) is 1. The number of hydrogen-bond acceptors (Lipinski definition) is 3. The molecule has 0 aliphatic carbocycles. The average molecular weight is 396 g/mol. The van der Waals surface area contributed by atoms with Gasteiger partial charge in [0.25, 0.3) is 11.8 Å². The fourth-order valence-corrected chi connectivity index (χ4v) is 4.47. The lowest BCUT2D eigenvalue weighted by Gasteiger charge is -2.09. The highest BCUT2D eigenvalue weighted by molar-refractivity contribution is 6.32. The number of amides is 2. The van der Waals surface area contributed by atoms with Crippen LogP contribution in [0.3, 0.4) is 0 Å². The zero-order chi connectivity index (χ0) is 21.0. The smallest absolute Gasteiger partial charge is 0.259 e. The number of benzene rings is 3. The van der Waals surface area contributed by atoms with Crippen molar-refractivity contribution in [3.8, 4) is 16.9 Å². The normalized spacial score (nSPS) is 13.0. The van der Waals surface area contributed by atoms with Crippen LogP contribution in [0.25, 0.3) is 32.9 Å². The number of ether oxygens (including phenoxy) is 1. The molecule has 0 fully saturated rings. The molecule has 3 aromatic carbocycles. The summed E-state index contributed by atoms with van der Waals surface area (Å²) in [6.07, 6.45) is 2.51. The Balaban J connectivity index is 1.96. The molecule has 2 amide bonds. The molecule has 0 atom stereocenters. The van der Waals surface area contributed by atoms with Crippen LogP contribution in [0, 0.1) is 0 Å². The molecule has 5 heteroatoms. The van der Waals surface area contributed by atoms with Crippen molar-refractivity contribution in [1.82, 2.24) is 9.88 Å². The molecule has 0 bridgehead atoms. The largest absolute Gasteiger partial charge is 0.496 e. The van der Waals surface area contributed by atoms with E-state index in [9.17, 15) is 9.59 Å². The zero-order valence-corrected chi connectivity index (χ0v) is 16.8. The molecule has 0 radical (unpaired) electrons. The first-order valence-electron chi connectivity index (χ1n) is 9.73. The van der Waals surface area contributed by atoms with Crippen LogP contribution in [0.5, 0.6) is 5.75 Å². The van der Waals surface area contributed by atoms with Crippen LogP contribution < -0.4 is 10.1 Å². The Labute approximate surface area is 173 Å². The molecule has 30 heavy (non-hydrogen) atoms. The van der Waals surface area contributed by atoms with E-state index in [0.29, 0.717) is 17.5 Å². The highest BCUT2D eigenvalue weighted by Gasteiger charge is 2.34. The quantitative estimate of drug-likeness (QED) is 0.404. The zero-order valence-electron chi connectivity index (χ0n) is 16.8. The SMILES string of the molecule is C=CCc1cc2c(cc1OC)c1c3c(c(-c4ccccc4)cc1n2C)C(=O)NC3=O. The van der Waals surface area contributed by atoms with Crippen LogP contribution in [0.4, 0.5) is 0 Å². The van der Waals surface area contributed by atoms with Crippen molar-refractivity contribution in [1.29, 1.82) is 0 Å². The summed E-state index contributed by atoms with van der Waals surface area (Å²) in [5, 5.41) is 4.15. The Morgan fingerprint density at radius 3 is 2.47 bits per heavy atom. The first kappa shape index (κ1) is 18.2. The molecule has 1 aromatic heterocycles. The third-order valence-electron chi connectivity index (χ3n) is 5.83. The highest BCUT2D eigenvalue weighted by atomic mass is 16.5. The molecule has 4 aromatic rings. The standard InChI is InChI=1S/C25H20N2O3/c1-4-8-15-11-18-17(13-20(15)30-3)21-19(27(18)2)12-16(14-9-6-5-7-10-14)22-23(21)25(29)26-24(22)28/h4-7,9-13H,1,8H2,2-3H3,(H,26,28,29). The van der Waals surface area contributed by atoms with E-state index in [-0.39, 0.29) is 11.8 Å². The Morgan fingerprint density at radius 1 is 1.03 bits per heavy atom. The Kier molecular flexibility index (Phi) is 4.00. The lowest BCUT2D eigenvalue weighted by atomic mass is 9.92. The molecule has 0 unspecified atom stereocenters. The maximum Gasteiger partial charge on any atom is 0.259 e. The molecule has 0 saturated heterocycles. The minimum atomic E-state index is -0.362. The minimum absolute atomic E-state index is 0.358. The van der Waals surface area contributed by atoms with E-state index >= 15 is 0 Å². The number of methoxy groups -OCH3 is 1. The summed E-state index contributed by atoms with van der Waals surface area (Å²) in [7, 11) is 3.61. The van der Waals surface area contributed by atoms with E-state index in [0.717, 1.165) is 44.2 Å². The molecule has 1 aliphatic rings. The van der Waals surface area contributed by atoms with E-state index in [1.54, 1.807) is 7.11 Å². The number of aromatic nitrogens is 1. The van der Waals surface area contributed by atoms with Gasteiger partial charge in [0.05, 0.1) is 23.8 Å². The van der Waals surface area contributed by atoms with E-state index < -0.39 is 0 Å². The highest BCUT2D eigenvalue weighted by Crippen LogP contribution is 2.41. The number of hydrogen-bond donors (Lipinski definition) is 1. The summed E-state index contributed by atoms with van der Waals surface area (Å²) in [6, 6.07) is 15.7. The van der Waals surface area contributed by atoms with Gasteiger partial charge in [-0.3, -0.25) is 14.9 Å². The molecular formula is C25H20N2O3. The van der Waals surface area contributed by atoms with E-state index in [1.165, 1.54) is 0 Å². The first-order valence-corrected chi connectivity index (χ1v) is 9.73. The molecule has 5 rings (SSSR count). The Hall–Kier alpha value is -3.86. The minimum Gasteiger partial charge on any atom is -0.496 e. The van der Waals surface area contributed by atoms with Gasteiger partial charge in [0.1, 0.15) is 5.75 Å². The van der Waals surface area contributed by atoms with Crippen molar-refractivity contribution in [2.24, 2.45) is 7.05 Å². The van der Waals surface area contributed by atoms with Crippen molar-refractivity contribution in [3.63, 3.8) is 0 Å². The Bertz CT molecular complexity index is 1380. The van der Waals surface area contributed by atoms with Crippen LogP contribution in [0.2, 0.25) is 0 Å². The molecular weight excluding hydrogens is 376 g/mol. The topological polar surface area (TPSA) is 60.3 Å². The molecule has 5 nitrogen and oxygen atoms in total. The second-order valence-corrected chi connectivity index (χ2v) is 7.45. The lowest BCUT2D eigenvalue weighted by Crippen LogP contribution is -2.20. The molecule has 0 saturated carbocycles. The predicted octanol–water partition coefficient (Wildman–Crippen LogP) is 4.62. The molecule has 1 aliphatic heterocycles. The van der Waals surface area contributed by atoms with Crippen LogP contribution >= 0.6 is 0 Å². The molecule has 2 heterocycles. The summed E-state index contributed by atoms with van der Waals surface area (Å²) >= 11 is 0. The van der Waals surface area contributed by atoms with Crippen molar-refractivity contribution in [3.05, 3.63) is 77.9 Å². The number of allylic oxidation sites excluding steroid dienone is 1. The monoisotopic (exact) mass is 396 g/mol. The second-order valence-electron chi connectivity index (χ2n) is 7.45. The molecule has 0 spiro atoms. The first-order chi connectivity index (χ1) is 14.5. The average Bonchev–Trinajstić information content (AvgIpc) is 3.21. The van der Waals surface area contributed by atoms with Gasteiger partial charge in [-0.15, -0.1) is 6.58 Å². The van der Waals surface area contributed by atoms with Gasteiger partial charge in [-0.25, -0.2) is 0 Å². The van der Waals surface area contributed by atoms with Crippen LogP contribution in [0.15, 0.2) is 61.2 Å². The molecule has 1 N–H and O–H groups in total. The number of nitrogens with zero attached hydrogens (tertiary/aromatic N) is 1. The summed E-state index contributed by atoms with van der Waals surface area (Å²) < 4.78 is 7.67. The van der Waals surface area contributed by atoms with Gasteiger partial charge in [0, 0.05) is 23.3 Å². The van der Waals surface area contributed by atoms with Crippen LogP contribution in [0.1, 0.15) is 26.3 Å². The number of fused-ring (bicyclic) bond motifs is 5. The van der Waals surface area contributed by atoms with Gasteiger partial charge < -0.3 is 9.30 Å². The van der Waals surface area contributed by atoms with Crippen molar-refractivity contribution in [2.75, 3.05) is 7.11 Å². The summed E-state index contributed by atoms with van der Waals surface area (Å²) in [5.41, 5.74) is 5.40. The third kappa shape index (κ3) is 2.42. The number of carbonyl (C=O) groups excluding carboxylic acids is 2. The van der Waals surface area contributed by atoms with E-state index in [2.05, 4.69) is 22.5 Å². The number of aryl methyl sites for hydroxylation is 1. The number of carbonyl (C=O) groups is 2. The van der Waals surface area contributed by atoms with Crippen molar-refractivity contribution in [2.45, 2.75) is 6.42 Å². The predicted molar refractivity (Wildman–Crippen MR) is 118 cm³/mol. The van der Waals surface area contributed by atoms with Crippen LogP contribution in [-0.2, 0) is 13.5 Å². The maximum atomic E-state index is 12.9.